The van der Waals surface area contributed by atoms with Crippen LogP contribution in [0.3, 0.4) is 0 Å². The van der Waals surface area contributed by atoms with Crippen molar-refractivity contribution in [3.05, 3.63) is 87.9 Å². The van der Waals surface area contributed by atoms with Gasteiger partial charge in [0.25, 0.3) is 5.91 Å². The van der Waals surface area contributed by atoms with E-state index in [-0.39, 0.29) is 24.1 Å². The summed E-state index contributed by atoms with van der Waals surface area (Å²) in [5.41, 5.74) is 0.874. The van der Waals surface area contributed by atoms with E-state index in [1.54, 1.807) is 35.6 Å². The van der Waals surface area contributed by atoms with E-state index in [0.29, 0.717) is 23.4 Å². The Morgan fingerprint density at radius 2 is 1.62 bits per heavy atom. The Bertz CT molecular complexity index is 874. The summed E-state index contributed by atoms with van der Waals surface area (Å²) in [6.07, 6.45) is 0. The van der Waals surface area contributed by atoms with Gasteiger partial charge in [0.1, 0.15) is 11.6 Å². The lowest BCUT2D eigenvalue weighted by Gasteiger charge is -2.08. The second-order valence-corrected chi connectivity index (χ2v) is 6.54. The number of ketones is 1. The summed E-state index contributed by atoms with van der Waals surface area (Å²) in [4.78, 5) is 25.2. The molecule has 3 aromatic rings. The van der Waals surface area contributed by atoms with Gasteiger partial charge in [-0.2, -0.15) is 0 Å². The van der Waals surface area contributed by atoms with Crippen molar-refractivity contribution in [2.24, 2.45) is 0 Å². The molecule has 1 N–H and O–H groups in total. The Balaban J connectivity index is 1.51. The van der Waals surface area contributed by atoms with Gasteiger partial charge in [-0.25, -0.2) is 4.39 Å². The molecule has 1 heterocycles. The zero-order valence-corrected chi connectivity index (χ0v) is 14.6. The van der Waals surface area contributed by atoms with Gasteiger partial charge in [0.15, 0.2) is 12.4 Å². The van der Waals surface area contributed by atoms with Crippen molar-refractivity contribution in [1.82, 2.24) is 5.32 Å². The monoisotopic (exact) mass is 369 g/mol. The van der Waals surface area contributed by atoms with E-state index in [4.69, 9.17) is 4.74 Å². The summed E-state index contributed by atoms with van der Waals surface area (Å²) in [5, 5.41) is 4.72. The van der Waals surface area contributed by atoms with Crippen LogP contribution in [-0.2, 0) is 11.3 Å². The van der Waals surface area contributed by atoms with Gasteiger partial charge in [0.2, 0.25) is 0 Å². The van der Waals surface area contributed by atoms with E-state index in [9.17, 15) is 14.0 Å². The minimum absolute atomic E-state index is 0.101. The Morgan fingerprint density at radius 1 is 0.962 bits per heavy atom. The highest BCUT2D eigenvalue weighted by Crippen LogP contribution is 2.16. The summed E-state index contributed by atoms with van der Waals surface area (Å²) in [5.74, 6) is -0.315. The minimum atomic E-state index is -0.386. The summed E-state index contributed by atoms with van der Waals surface area (Å²) in [6.45, 7) is 0.377. The van der Waals surface area contributed by atoms with Crippen molar-refractivity contribution in [2.75, 3.05) is 6.61 Å². The predicted molar refractivity (Wildman–Crippen MR) is 97.9 cm³/mol. The standard InChI is InChI=1S/C20H16FNO3S/c21-16-7-3-14(4-8-16)20(24)15-5-9-17(10-6-15)25-13-19(23)22-12-18-2-1-11-26-18/h1-11H,12-13H2,(H,22,23). The zero-order valence-electron chi connectivity index (χ0n) is 13.8. The number of nitrogens with one attached hydrogen (secondary N) is 1. The summed E-state index contributed by atoms with van der Waals surface area (Å²) >= 11 is 1.57. The first-order chi connectivity index (χ1) is 12.6. The molecule has 0 bridgehead atoms. The van der Waals surface area contributed by atoms with Crippen LogP contribution in [0.15, 0.2) is 66.0 Å². The van der Waals surface area contributed by atoms with E-state index in [0.717, 1.165) is 4.88 Å². The lowest BCUT2D eigenvalue weighted by atomic mass is 10.0. The Morgan fingerprint density at radius 3 is 2.23 bits per heavy atom. The second-order valence-electron chi connectivity index (χ2n) is 5.51. The molecular formula is C20H16FNO3S. The molecule has 2 aromatic carbocycles. The quantitative estimate of drug-likeness (QED) is 0.644. The number of carbonyl (C=O) groups is 2. The molecular weight excluding hydrogens is 353 g/mol. The van der Waals surface area contributed by atoms with Crippen LogP contribution in [0.2, 0.25) is 0 Å². The average molecular weight is 369 g/mol. The van der Waals surface area contributed by atoms with E-state index < -0.39 is 0 Å². The molecule has 0 aliphatic heterocycles. The maximum Gasteiger partial charge on any atom is 0.258 e. The van der Waals surface area contributed by atoms with Gasteiger partial charge in [-0.15, -0.1) is 11.3 Å². The molecule has 0 radical (unpaired) electrons. The van der Waals surface area contributed by atoms with E-state index in [1.165, 1.54) is 24.3 Å². The van der Waals surface area contributed by atoms with Gasteiger partial charge >= 0.3 is 0 Å². The molecule has 0 saturated heterocycles. The van der Waals surface area contributed by atoms with Gasteiger partial charge < -0.3 is 10.1 Å². The molecule has 0 atom stereocenters. The van der Waals surface area contributed by atoms with Gasteiger partial charge in [0, 0.05) is 16.0 Å². The number of benzene rings is 2. The Kier molecular flexibility index (Phi) is 5.76. The van der Waals surface area contributed by atoms with E-state index >= 15 is 0 Å². The van der Waals surface area contributed by atoms with Crippen molar-refractivity contribution in [2.45, 2.75) is 6.54 Å². The van der Waals surface area contributed by atoms with Crippen molar-refractivity contribution in [1.29, 1.82) is 0 Å². The van der Waals surface area contributed by atoms with Crippen LogP contribution >= 0.6 is 11.3 Å². The van der Waals surface area contributed by atoms with Crippen LogP contribution in [0.4, 0.5) is 4.39 Å². The maximum atomic E-state index is 12.9. The number of rotatable bonds is 7. The molecule has 132 valence electrons. The van der Waals surface area contributed by atoms with E-state index in [1.807, 2.05) is 17.5 Å². The number of ether oxygens (including phenoxy) is 1. The third kappa shape index (κ3) is 4.77. The first-order valence-corrected chi connectivity index (χ1v) is 8.82. The Hall–Kier alpha value is -2.99. The molecule has 0 aliphatic carbocycles. The zero-order chi connectivity index (χ0) is 18.4. The van der Waals surface area contributed by atoms with Crippen LogP contribution in [0.5, 0.6) is 5.75 Å². The number of hydrogen-bond acceptors (Lipinski definition) is 4. The molecule has 0 spiro atoms. The highest BCUT2D eigenvalue weighted by molar-refractivity contribution is 7.09. The molecule has 3 rings (SSSR count). The molecule has 4 nitrogen and oxygen atoms in total. The summed E-state index contributed by atoms with van der Waals surface area (Å²) in [7, 11) is 0. The lowest BCUT2D eigenvalue weighted by molar-refractivity contribution is -0.123. The molecule has 1 aromatic heterocycles. The fourth-order valence-corrected chi connectivity index (χ4v) is 2.91. The third-order valence-electron chi connectivity index (χ3n) is 3.63. The maximum absolute atomic E-state index is 12.9. The summed E-state index contributed by atoms with van der Waals surface area (Å²) < 4.78 is 18.4. The first-order valence-electron chi connectivity index (χ1n) is 7.94. The number of carbonyl (C=O) groups excluding carboxylic acids is 2. The largest absolute Gasteiger partial charge is 0.484 e. The molecule has 0 saturated carbocycles. The van der Waals surface area contributed by atoms with E-state index in [2.05, 4.69) is 5.32 Å². The SMILES string of the molecule is O=C(COc1ccc(C(=O)c2ccc(F)cc2)cc1)NCc1cccs1. The van der Waals surface area contributed by atoms with Crippen LogP contribution in [-0.4, -0.2) is 18.3 Å². The number of halogens is 1. The second kappa shape index (κ2) is 8.40. The summed E-state index contributed by atoms with van der Waals surface area (Å²) in [6, 6.07) is 15.8. The van der Waals surface area contributed by atoms with Gasteiger partial charge in [-0.05, 0) is 60.0 Å². The van der Waals surface area contributed by atoms with Gasteiger partial charge in [-0.1, -0.05) is 6.07 Å². The van der Waals surface area contributed by atoms with Crippen molar-refractivity contribution < 1.29 is 18.7 Å². The average Bonchev–Trinajstić information content (AvgIpc) is 3.19. The third-order valence-corrected chi connectivity index (χ3v) is 4.51. The fourth-order valence-electron chi connectivity index (χ4n) is 2.27. The van der Waals surface area contributed by atoms with Crippen molar-refractivity contribution in [3.8, 4) is 5.75 Å². The topological polar surface area (TPSA) is 55.4 Å². The van der Waals surface area contributed by atoms with Crippen molar-refractivity contribution >= 4 is 23.0 Å². The molecule has 26 heavy (non-hydrogen) atoms. The highest BCUT2D eigenvalue weighted by Gasteiger charge is 2.10. The number of thiophene rings is 1. The molecule has 0 unspecified atom stereocenters. The van der Waals surface area contributed by atoms with Crippen LogP contribution in [0.1, 0.15) is 20.8 Å². The first kappa shape index (κ1) is 17.8. The normalized spacial score (nSPS) is 10.3. The smallest absolute Gasteiger partial charge is 0.258 e. The van der Waals surface area contributed by atoms with Gasteiger partial charge in [-0.3, -0.25) is 9.59 Å². The highest BCUT2D eigenvalue weighted by atomic mass is 32.1. The van der Waals surface area contributed by atoms with Crippen LogP contribution < -0.4 is 10.1 Å². The van der Waals surface area contributed by atoms with Crippen LogP contribution in [0.25, 0.3) is 0 Å². The molecule has 6 heteroatoms. The van der Waals surface area contributed by atoms with Gasteiger partial charge in [0.05, 0.1) is 6.54 Å². The molecule has 0 aliphatic rings. The number of amides is 1. The molecule has 0 fully saturated rings. The van der Waals surface area contributed by atoms with Crippen molar-refractivity contribution in [3.63, 3.8) is 0 Å². The Labute approximate surface area is 154 Å². The predicted octanol–water partition coefficient (Wildman–Crippen LogP) is 3.81. The molecule has 1 amide bonds. The van der Waals surface area contributed by atoms with Crippen LogP contribution in [0, 0.1) is 5.82 Å². The fraction of sp³-hybridized carbons (Fsp3) is 0.100. The number of hydrogen-bond donors (Lipinski definition) is 1. The lowest BCUT2D eigenvalue weighted by Crippen LogP contribution is -2.28. The minimum Gasteiger partial charge on any atom is -0.484 e.